The summed E-state index contributed by atoms with van der Waals surface area (Å²) < 4.78 is 5.44. The van der Waals surface area contributed by atoms with Gasteiger partial charge in [0, 0.05) is 12.2 Å². The first-order valence-electron chi connectivity index (χ1n) is 6.14. The Labute approximate surface area is 107 Å². The fraction of sp³-hybridized carbons (Fsp3) is 0.462. The van der Waals surface area contributed by atoms with Gasteiger partial charge in [-0.25, -0.2) is 0 Å². The van der Waals surface area contributed by atoms with E-state index in [2.05, 4.69) is 10.6 Å². The van der Waals surface area contributed by atoms with Gasteiger partial charge in [0.2, 0.25) is 5.91 Å². The summed E-state index contributed by atoms with van der Waals surface area (Å²) in [4.78, 5) is 11.3. The third-order valence-corrected chi connectivity index (χ3v) is 2.77. The number of ether oxygens (including phenoxy) is 1. The number of anilines is 3. The largest absolute Gasteiger partial charge is 0.397 e. The number of rotatable bonds is 5. The van der Waals surface area contributed by atoms with Crippen molar-refractivity contribution in [1.29, 1.82) is 0 Å². The highest BCUT2D eigenvalue weighted by atomic mass is 16.5. The fourth-order valence-corrected chi connectivity index (χ4v) is 1.93. The van der Waals surface area contributed by atoms with Crippen LogP contribution in [0, 0.1) is 0 Å². The summed E-state index contributed by atoms with van der Waals surface area (Å²) in [7, 11) is 0. The molecular formula is C13H19N3O2. The van der Waals surface area contributed by atoms with Crippen molar-refractivity contribution in [2.75, 3.05) is 29.5 Å². The van der Waals surface area contributed by atoms with Gasteiger partial charge in [-0.3, -0.25) is 4.79 Å². The lowest BCUT2D eigenvalue weighted by Gasteiger charge is -2.12. The Morgan fingerprint density at radius 1 is 1.50 bits per heavy atom. The molecule has 1 aliphatic rings. The molecule has 18 heavy (non-hydrogen) atoms. The first kappa shape index (κ1) is 12.7. The number of fused-ring (bicyclic) bond motifs is 1. The van der Waals surface area contributed by atoms with E-state index >= 15 is 0 Å². The van der Waals surface area contributed by atoms with Crippen molar-refractivity contribution in [3.63, 3.8) is 0 Å². The number of hydrogen-bond donors (Lipinski definition) is 3. The van der Waals surface area contributed by atoms with Crippen LogP contribution < -0.4 is 16.4 Å². The zero-order valence-electron chi connectivity index (χ0n) is 10.7. The van der Waals surface area contributed by atoms with E-state index in [9.17, 15) is 4.79 Å². The van der Waals surface area contributed by atoms with Gasteiger partial charge in [0.15, 0.2) is 0 Å². The molecule has 5 heteroatoms. The molecule has 0 saturated heterocycles. The Hall–Kier alpha value is -1.75. The Bertz CT molecular complexity index is 458. The second-order valence-electron chi connectivity index (χ2n) is 4.67. The van der Waals surface area contributed by atoms with E-state index < -0.39 is 0 Å². The van der Waals surface area contributed by atoms with Gasteiger partial charge in [-0.15, -0.1) is 0 Å². The Kier molecular flexibility index (Phi) is 3.72. The van der Waals surface area contributed by atoms with Crippen molar-refractivity contribution in [1.82, 2.24) is 0 Å². The van der Waals surface area contributed by atoms with Gasteiger partial charge in [0.1, 0.15) is 0 Å². The number of nitrogens with two attached hydrogens (primary N) is 1. The lowest BCUT2D eigenvalue weighted by molar-refractivity contribution is -0.115. The summed E-state index contributed by atoms with van der Waals surface area (Å²) in [6.07, 6.45) is 0.638. The second kappa shape index (κ2) is 5.27. The van der Waals surface area contributed by atoms with E-state index in [0.717, 1.165) is 16.9 Å². The lowest BCUT2D eigenvalue weighted by Crippen LogP contribution is -2.14. The molecule has 1 aromatic rings. The number of amides is 1. The monoisotopic (exact) mass is 249 g/mol. The molecule has 0 atom stereocenters. The number of carbonyl (C=O) groups excluding carboxylic acids is 1. The highest BCUT2D eigenvalue weighted by Crippen LogP contribution is 2.31. The van der Waals surface area contributed by atoms with Gasteiger partial charge >= 0.3 is 0 Å². The highest BCUT2D eigenvalue weighted by Gasteiger charge is 2.19. The maximum Gasteiger partial charge on any atom is 0.228 e. The van der Waals surface area contributed by atoms with Crippen LogP contribution in [0.4, 0.5) is 17.1 Å². The van der Waals surface area contributed by atoms with Crippen molar-refractivity contribution >= 4 is 23.0 Å². The molecular weight excluding hydrogens is 230 g/mol. The smallest absolute Gasteiger partial charge is 0.228 e. The molecule has 1 heterocycles. The number of carbonyl (C=O) groups is 1. The van der Waals surface area contributed by atoms with Gasteiger partial charge in [-0.2, -0.15) is 0 Å². The summed E-state index contributed by atoms with van der Waals surface area (Å²) in [6.45, 7) is 5.31. The third-order valence-electron chi connectivity index (χ3n) is 2.77. The number of nitrogen functional groups attached to an aromatic ring is 1. The molecule has 0 aromatic heterocycles. The number of benzene rings is 1. The molecule has 0 radical (unpaired) electrons. The first-order valence-corrected chi connectivity index (χ1v) is 6.14. The summed E-state index contributed by atoms with van der Waals surface area (Å²) in [5.74, 6) is 0.0182. The number of hydrogen-bond acceptors (Lipinski definition) is 4. The summed E-state index contributed by atoms with van der Waals surface area (Å²) in [5.41, 5.74) is 9.25. The van der Waals surface area contributed by atoms with Crippen LogP contribution in [0.25, 0.3) is 0 Å². The third kappa shape index (κ3) is 2.92. The summed E-state index contributed by atoms with van der Waals surface area (Å²) in [5, 5.41) is 6.02. The quantitative estimate of drug-likeness (QED) is 0.547. The predicted octanol–water partition coefficient (Wildman–Crippen LogP) is 1.60. The highest BCUT2D eigenvalue weighted by molar-refractivity contribution is 6.00. The van der Waals surface area contributed by atoms with E-state index in [1.165, 1.54) is 0 Å². The average Bonchev–Trinajstić information content (AvgIpc) is 2.63. The molecule has 0 aliphatic carbocycles. The average molecular weight is 249 g/mol. The lowest BCUT2D eigenvalue weighted by atomic mass is 10.1. The van der Waals surface area contributed by atoms with E-state index in [-0.39, 0.29) is 12.0 Å². The van der Waals surface area contributed by atoms with E-state index in [1.54, 1.807) is 0 Å². The SMILES string of the molecule is CC(C)OCCNc1cc2c(cc1N)CC(=O)N2. The van der Waals surface area contributed by atoms with Crippen LogP contribution in [0.5, 0.6) is 0 Å². The topological polar surface area (TPSA) is 76.4 Å². The molecule has 0 bridgehead atoms. The van der Waals surface area contributed by atoms with Crippen LogP contribution in [0.1, 0.15) is 19.4 Å². The van der Waals surface area contributed by atoms with Gasteiger partial charge < -0.3 is 21.1 Å². The Morgan fingerprint density at radius 2 is 2.28 bits per heavy atom. The zero-order chi connectivity index (χ0) is 13.1. The molecule has 0 spiro atoms. The standard InChI is InChI=1S/C13H19N3O2/c1-8(2)18-4-3-15-12-7-11-9(5-10(12)14)6-13(17)16-11/h5,7-8,15H,3-4,6,14H2,1-2H3,(H,16,17). The minimum absolute atomic E-state index is 0.0182. The van der Waals surface area contributed by atoms with E-state index in [0.29, 0.717) is 25.3 Å². The van der Waals surface area contributed by atoms with Crippen molar-refractivity contribution in [3.8, 4) is 0 Å². The number of nitrogens with one attached hydrogen (secondary N) is 2. The van der Waals surface area contributed by atoms with Crippen molar-refractivity contribution in [2.24, 2.45) is 0 Å². The van der Waals surface area contributed by atoms with Crippen LogP contribution in [-0.4, -0.2) is 25.2 Å². The Balaban J connectivity index is 1.97. The molecule has 0 saturated carbocycles. The minimum atomic E-state index is 0.0182. The molecule has 1 amide bonds. The normalized spacial score (nSPS) is 13.6. The molecule has 1 aliphatic heterocycles. The minimum Gasteiger partial charge on any atom is -0.397 e. The zero-order valence-corrected chi connectivity index (χ0v) is 10.7. The van der Waals surface area contributed by atoms with Crippen molar-refractivity contribution in [2.45, 2.75) is 26.4 Å². The predicted molar refractivity (Wildman–Crippen MR) is 72.8 cm³/mol. The van der Waals surface area contributed by atoms with Crippen molar-refractivity contribution < 1.29 is 9.53 Å². The van der Waals surface area contributed by atoms with Gasteiger partial charge in [-0.05, 0) is 31.5 Å². The maximum atomic E-state index is 11.3. The molecule has 4 N–H and O–H groups in total. The van der Waals surface area contributed by atoms with Crippen LogP contribution in [0.15, 0.2) is 12.1 Å². The second-order valence-corrected chi connectivity index (χ2v) is 4.67. The molecule has 98 valence electrons. The Morgan fingerprint density at radius 3 is 3.00 bits per heavy atom. The summed E-state index contributed by atoms with van der Waals surface area (Å²) in [6, 6.07) is 3.73. The first-order chi connectivity index (χ1) is 8.56. The molecule has 2 rings (SSSR count). The van der Waals surface area contributed by atoms with Crippen molar-refractivity contribution in [3.05, 3.63) is 17.7 Å². The maximum absolute atomic E-state index is 11.3. The van der Waals surface area contributed by atoms with Gasteiger partial charge in [0.05, 0.1) is 30.5 Å². The van der Waals surface area contributed by atoms with Crippen LogP contribution in [0.3, 0.4) is 0 Å². The van der Waals surface area contributed by atoms with Gasteiger partial charge in [0.25, 0.3) is 0 Å². The van der Waals surface area contributed by atoms with E-state index in [4.69, 9.17) is 10.5 Å². The molecule has 1 aromatic carbocycles. The van der Waals surface area contributed by atoms with Crippen LogP contribution in [-0.2, 0) is 16.0 Å². The van der Waals surface area contributed by atoms with Crippen LogP contribution >= 0.6 is 0 Å². The molecule has 5 nitrogen and oxygen atoms in total. The summed E-state index contributed by atoms with van der Waals surface area (Å²) >= 11 is 0. The van der Waals surface area contributed by atoms with Gasteiger partial charge in [-0.1, -0.05) is 0 Å². The fourth-order valence-electron chi connectivity index (χ4n) is 1.93. The molecule has 0 unspecified atom stereocenters. The molecule has 0 fully saturated rings. The van der Waals surface area contributed by atoms with E-state index in [1.807, 2.05) is 26.0 Å². The van der Waals surface area contributed by atoms with Crippen LogP contribution in [0.2, 0.25) is 0 Å².